The molecule has 0 saturated carbocycles. The highest BCUT2D eigenvalue weighted by Crippen LogP contribution is 2.38. The summed E-state index contributed by atoms with van der Waals surface area (Å²) in [5.74, 6) is -0.368. The van der Waals surface area contributed by atoms with Crippen LogP contribution in [0.15, 0.2) is 78.4 Å². The van der Waals surface area contributed by atoms with E-state index in [0.717, 1.165) is 5.56 Å². The van der Waals surface area contributed by atoms with Crippen molar-refractivity contribution in [1.29, 1.82) is 0 Å². The van der Waals surface area contributed by atoms with Crippen molar-refractivity contribution in [3.05, 3.63) is 94.5 Å². The van der Waals surface area contributed by atoms with E-state index in [0.29, 0.717) is 29.4 Å². The third kappa shape index (κ3) is 4.89. The largest absolute Gasteiger partial charge is 0.493 e. The molecule has 1 heterocycles. The fourth-order valence-corrected chi connectivity index (χ4v) is 3.88. The van der Waals surface area contributed by atoms with Crippen LogP contribution in [0, 0.1) is 0 Å². The van der Waals surface area contributed by atoms with Gasteiger partial charge in [-0.05, 0) is 53.7 Å². The van der Waals surface area contributed by atoms with Crippen molar-refractivity contribution in [2.45, 2.75) is 6.61 Å². The van der Waals surface area contributed by atoms with Gasteiger partial charge in [-0.15, -0.1) is 0 Å². The van der Waals surface area contributed by atoms with Gasteiger partial charge < -0.3 is 9.47 Å². The summed E-state index contributed by atoms with van der Waals surface area (Å²) in [6.45, 7) is 0.307. The van der Waals surface area contributed by atoms with Crippen molar-refractivity contribution in [2.24, 2.45) is 0 Å². The Morgan fingerprint density at radius 2 is 1.70 bits per heavy atom. The Labute approximate surface area is 201 Å². The van der Waals surface area contributed by atoms with Gasteiger partial charge in [0.1, 0.15) is 12.2 Å². The number of carbonyl (C=O) groups is 2. The molecule has 0 aliphatic carbocycles. The number of ether oxygens (including phenoxy) is 2. The molecule has 0 aromatic heterocycles. The minimum atomic E-state index is -0.586. The van der Waals surface area contributed by atoms with E-state index in [2.05, 4.69) is 5.32 Å². The number of hydrogen-bond acceptors (Lipinski definition) is 5. The van der Waals surface area contributed by atoms with Gasteiger partial charge in [0, 0.05) is 0 Å². The van der Waals surface area contributed by atoms with Crippen molar-refractivity contribution in [1.82, 2.24) is 5.32 Å². The van der Waals surface area contributed by atoms with Crippen molar-refractivity contribution in [3.8, 4) is 11.5 Å². The predicted octanol–water partition coefficient (Wildman–Crippen LogP) is 4.76. The summed E-state index contributed by atoms with van der Waals surface area (Å²) in [6, 6.07) is 21.8. The van der Waals surface area contributed by atoms with Gasteiger partial charge in [-0.1, -0.05) is 60.1 Å². The molecule has 3 aromatic rings. The highest BCUT2D eigenvalue weighted by Gasteiger charge is 2.34. The molecule has 1 aliphatic heterocycles. The zero-order valence-electron chi connectivity index (χ0n) is 17.6. The van der Waals surface area contributed by atoms with E-state index in [4.69, 9.17) is 33.3 Å². The Balaban J connectivity index is 1.64. The number of carbonyl (C=O) groups excluding carboxylic acids is 2. The van der Waals surface area contributed by atoms with Crippen LogP contribution in [0.3, 0.4) is 0 Å². The number of amides is 2. The first-order valence-corrected chi connectivity index (χ1v) is 10.8. The maximum Gasteiger partial charge on any atom is 0.270 e. The number of para-hydroxylation sites is 1. The van der Waals surface area contributed by atoms with E-state index >= 15 is 0 Å². The first-order valence-electron chi connectivity index (χ1n) is 9.98. The van der Waals surface area contributed by atoms with Crippen molar-refractivity contribution in [2.75, 3.05) is 12.0 Å². The molecule has 3 aromatic carbocycles. The Kier molecular flexibility index (Phi) is 6.72. The molecule has 1 fully saturated rings. The summed E-state index contributed by atoms with van der Waals surface area (Å²) >= 11 is 11.7. The van der Waals surface area contributed by atoms with Crippen LogP contribution >= 0.6 is 23.8 Å². The predicted molar refractivity (Wildman–Crippen MR) is 131 cm³/mol. The SMILES string of the molecule is COc1cc(/C=C2/C(=O)NC(=S)N(c3ccccc3)C2=O)cc(Cl)c1OCc1ccccc1. The van der Waals surface area contributed by atoms with E-state index in [1.807, 2.05) is 36.4 Å². The molecule has 8 heteroatoms. The topological polar surface area (TPSA) is 67.9 Å². The number of rotatable bonds is 6. The van der Waals surface area contributed by atoms with Gasteiger partial charge in [0.25, 0.3) is 11.8 Å². The molecule has 0 radical (unpaired) electrons. The maximum atomic E-state index is 13.1. The monoisotopic (exact) mass is 478 g/mol. The van der Waals surface area contributed by atoms with Gasteiger partial charge in [-0.3, -0.25) is 19.8 Å². The number of nitrogens with zero attached hydrogens (tertiary/aromatic N) is 1. The second kappa shape index (κ2) is 9.85. The van der Waals surface area contributed by atoms with Crippen LogP contribution in [0.5, 0.6) is 11.5 Å². The highest BCUT2D eigenvalue weighted by molar-refractivity contribution is 7.80. The Hall–Kier alpha value is -3.68. The molecule has 1 N–H and O–H groups in total. The summed E-state index contributed by atoms with van der Waals surface area (Å²) in [6.07, 6.45) is 1.45. The van der Waals surface area contributed by atoms with Crippen molar-refractivity contribution in [3.63, 3.8) is 0 Å². The fraction of sp³-hybridized carbons (Fsp3) is 0.0800. The molecule has 6 nitrogen and oxygen atoms in total. The Morgan fingerprint density at radius 1 is 1.03 bits per heavy atom. The Morgan fingerprint density at radius 3 is 2.36 bits per heavy atom. The Bertz CT molecular complexity index is 1250. The molecule has 0 atom stereocenters. The smallest absolute Gasteiger partial charge is 0.270 e. The molecule has 4 rings (SSSR count). The van der Waals surface area contributed by atoms with Gasteiger partial charge in [-0.2, -0.15) is 0 Å². The number of hydrogen-bond donors (Lipinski definition) is 1. The number of methoxy groups -OCH3 is 1. The summed E-state index contributed by atoms with van der Waals surface area (Å²) in [4.78, 5) is 27.0. The zero-order chi connectivity index (χ0) is 23.4. The molecule has 166 valence electrons. The van der Waals surface area contributed by atoms with Gasteiger partial charge >= 0.3 is 0 Å². The first-order chi connectivity index (χ1) is 16.0. The van der Waals surface area contributed by atoms with E-state index in [1.54, 1.807) is 36.4 Å². The number of thiocarbonyl (C=S) groups is 1. The summed E-state index contributed by atoms with van der Waals surface area (Å²) in [7, 11) is 1.49. The molecule has 2 amide bonds. The van der Waals surface area contributed by atoms with Crippen LogP contribution in [0.4, 0.5) is 5.69 Å². The zero-order valence-corrected chi connectivity index (χ0v) is 19.2. The molecule has 1 aliphatic rings. The second-order valence-corrected chi connectivity index (χ2v) is 7.90. The summed E-state index contributed by atoms with van der Waals surface area (Å²) in [5.41, 5.74) is 1.95. The molecular weight excluding hydrogens is 460 g/mol. The molecule has 33 heavy (non-hydrogen) atoms. The van der Waals surface area contributed by atoms with Crippen molar-refractivity contribution >= 4 is 52.5 Å². The lowest BCUT2D eigenvalue weighted by molar-refractivity contribution is -0.122. The van der Waals surface area contributed by atoms with Crippen LogP contribution < -0.4 is 19.7 Å². The molecule has 0 bridgehead atoms. The normalized spacial score (nSPS) is 14.9. The van der Waals surface area contributed by atoms with E-state index in [9.17, 15) is 9.59 Å². The third-order valence-corrected chi connectivity index (χ3v) is 5.47. The minimum Gasteiger partial charge on any atom is -0.493 e. The van der Waals surface area contributed by atoms with Crippen LogP contribution in [-0.4, -0.2) is 24.0 Å². The van der Waals surface area contributed by atoms with Gasteiger partial charge in [0.2, 0.25) is 0 Å². The molecular formula is C25H19ClN2O4S. The summed E-state index contributed by atoms with van der Waals surface area (Å²) < 4.78 is 11.3. The number of benzene rings is 3. The van der Waals surface area contributed by atoms with E-state index in [-0.39, 0.29) is 15.7 Å². The highest BCUT2D eigenvalue weighted by atomic mass is 35.5. The average Bonchev–Trinajstić information content (AvgIpc) is 2.82. The van der Waals surface area contributed by atoms with Crippen LogP contribution in [0.2, 0.25) is 5.02 Å². The quantitative estimate of drug-likeness (QED) is 0.314. The lowest BCUT2D eigenvalue weighted by Gasteiger charge is -2.28. The minimum absolute atomic E-state index is 0.0219. The van der Waals surface area contributed by atoms with Crippen LogP contribution in [-0.2, 0) is 16.2 Å². The van der Waals surface area contributed by atoms with Crippen LogP contribution in [0.1, 0.15) is 11.1 Å². The standard InChI is InChI=1S/C25H19ClN2O4S/c1-31-21-14-17(13-20(26)22(21)32-15-16-8-4-2-5-9-16)12-19-23(29)27-25(33)28(24(19)30)18-10-6-3-7-11-18/h2-14H,15H2,1H3,(H,27,29,33)/b19-12-. The maximum absolute atomic E-state index is 13.1. The van der Waals surface area contributed by atoms with Crippen LogP contribution in [0.25, 0.3) is 6.08 Å². The van der Waals surface area contributed by atoms with Gasteiger partial charge in [0.15, 0.2) is 16.6 Å². The number of anilines is 1. The lowest BCUT2D eigenvalue weighted by atomic mass is 10.1. The second-order valence-electron chi connectivity index (χ2n) is 7.10. The number of halogens is 1. The average molecular weight is 479 g/mol. The van der Waals surface area contributed by atoms with Gasteiger partial charge in [0.05, 0.1) is 17.8 Å². The van der Waals surface area contributed by atoms with E-state index in [1.165, 1.54) is 18.1 Å². The lowest BCUT2D eigenvalue weighted by Crippen LogP contribution is -2.54. The van der Waals surface area contributed by atoms with Gasteiger partial charge in [-0.25, -0.2) is 0 Å². The molecule has 0 spiro atoms. The van der Waals surface area contributed by atoms with E-state index < -0.39 is 11.8 Å². The third-order valence-electron chi connectivity index (χ3n) is 4.90. The molecule has 0 unspecified atom stereocenters. The molecule has 1 saturated heterocycles. The summed E-state index contributed by atoms with van der Waals surface area (Å²) in [5, 5.41) is 2.87. The number of nitrogens with one attached hydrogen (secondary N) is 1. The first kappa shape index (κ1) is 22.5. The fourth-order valence-electron chi connectivity index (χ4n) is 3.33. The van der Waals surface area contributed by atoms with Crippen molar-refractivity contribution < 1.29 is 19.1 Å².